The van der Waals surface area contributed by atoms with E-state index in [1.807, 2.05) is 72.8 Å². The number of rotatable bonds is 4. The van der Waals surface area contributed by atoms with Crippen LogP contribution < -0.4 is 31.8 Å². The van der Waals surface area contributed by atoms with E-state index in [2.05, 4.69) is 204 Å². The zero-order valence-corrected chi connectivity index (χ0v) is 57.8. The molecule has 1 N–H and O–H groups in total. The van der Waals surface area contributed by atoms with Gasteiger partial charge in [-0.1, -0.05) is 215 Å². The molecule has 7 rings (SSSR count). The van der Waals surface area contributed by atoms with Crippen LogP contribution in [-0.2, 0) is 0 Å². The summed E-state index contributed by atoms with van der Waals surface area (Å²) in [6.45, 7) is 18.1. The van der Waals surface area contributed by atoms with Crippen LogP contribution >= 0.6 is 102 Å². The molecule has 70 heavy (non-hydrogen) atoms. The molecular formula is C52H71Ar8Br3OP6. The number of benzene rings is 6. The Morgan fingerprint density at radius 2 is 0.743 bits per heavy atom. The first-order valence-electron chi connectivity index (χ1n) is 21.0. The van der Waals surface area contributed by atoms with Crippen molar-refractivity contribution in [3.05, 3.63) is 170 Å². The minimum absolute atomic E-state index is 0. The molecule has 7 atom stereocenters. The van der Waals surface area contributed by atoms with Crippen LogP contribution in [0.3, 0.4) is 0 Å². The summed E-state index contributed by atoms with van der Waals surface area (Å²) >= 11 is 9.91. The smallest absolute Gasteiger partial charge is 0.129 e. The number of phenols is 1. The number of aryl methyl sites for hydroxylation is 2. The first kappa shape index (κ1) is 95.6. The van der Waals surface area contributed by atoms with Gasteiger partial charge in [-0.05, 0) is 133 Å². The molecule has 0 radical (unpaired) electrons. The minimum Gasteiger partial charge on any atom is -0.507 e. The zero-order chi connectivity index (χ0) is 46.6. The van der Waals surface area contributed by atoms with Gasteiger partial charge >= 0.3 is 0 Å². The molecule has 0 spiro atoms. The molecule has 5 unspecified atom stereocenters. The minimum atomic E-state index is 0. The van der Waals surface area contributed by atoms with Gasteiger partial charge in [0.05, 0.1) is 4.47 Å². The molecule has 1 saturated heterocycles. The molecule has 400 valence electrons. The maximum Gasteiger partial charge on any atom is 0.129 e. The van der Waals surface area contributed by atoms with E-state index in [0.29, 0.717) is 0 Å². The Morgan fingerprint density at radius 3 is 0.986 bits per heavy atom. The predicted octanol–water partition coefficient (Wildman–Crippen LogP) is 15.0. The van der Waals surface area contributed by atoms with Crippen molar-refractivity contribution in [1.29, 1.82) is 0 Å². The summed E-state index contributed by atoms with van der Waals surface area (Å²) in [5.41, 5.74) is 4.45. The summed E-state index contributed by atoms with van der Waals surface area (Å²) in [7, 11) is 13.6. The first-order valence-corrected chi connectivity index (χ1v) is 27.8. The number of hydrogen-bond acceptors (Lipinski definition) is 1. The summed E-state index contributed by atoms with van der Waals surface area (Å²) < 4.78 is 3.06. The molecule has 1 aliphatic rings. The van der Waals surface area contributed by atoms with E-state index >= 15 is 0 Å². The van der Waals surface area contributed by atoms with Crippen LogP contribution in [0, 0.1) is 328 Å². The van der Waals surface area contributed by atoms with E-state index in [9.17, 15) is 0 Å². The van der Waals surface area contributed by atoms with E-state index in [4.69, 9.17) is 5.11 Å². The summed E-state index contributed by atoms with van der Waals surface area (Å²) in [4.78, 5) is 0. The van der Waals surface area contributed by atoms with Crippen LogP contribution in [0.4, 0.5) is 0 Å². The summed E-state index contributed by atoms with van der Waals surface area (Å²) in [5.74, 6) is 2.06. The van der Waals surface area contributed by atoms with Crippen LogP contribution in [0.2, 0.25) is 0 Å². The van der Waals surface area contributed by atoms with Gasteiger partial charge in [-0.3, -0.25) is 0 Å². The fourth-order valence-electron chi connectivity index (χ4n) is 5.63. The second-order valence-electron chi connectivity index (χ2n) is 15.8. The monoisotopic (exact) mass is 1450 g/mol. The quantitative estimate of drug-likeness (QED) is 0.174. The average Bonchev–Trinajstić information content (AvgIpc) is 3.58. The molecule has 1 nitrogen and oxygen atoms in total. The SMILES string of the molecule is CC(C)CCC(C)C.C[C@H]1CC[C@H](C)P1c1ccccc1P.Cc1ccccc1Br.Cc1ccccc1P.Oc1ccccc1Br.Pc1ccccc1Br.Pc1ccccc1P.[Ar].[Ar].[Ar].[Ar].[Ar].[Ar].[Ar].[Ar]. The fraction of sp³-hybridized carbons (Fsp3) is 0.308. The molecule has 0 saturated carbocycles. The van der Waals surface area contributed by atoms with Gasteiger partial charge in [0.25, 0.3) is 0 Å². The molecular weight excluding hydrogens is 1390 g/mol. The van der Waals surface area contributed by atoms with Crippen molar-refractivity contribution in [3.63, 3.8) is 0 Å². The van der Waals surface area contributed by atoms with E-state index in [1.54, 1.807) is 23.5 Å². The van der Waals surface area contributed by atoms with Crippen molar-refractivity contribution in [1.82, 2.24) is 0 Å². The van der Waals surface area contributed by atoms with Crippen molar-refractivity contribution >= 4 is 134 Å². The van der Waals surface area contributed by atoms with Gasteiger partial charge < -0.3 is 5.11 Å². The fourth-order valence-corrected chi connectivity index (χ4v) is 11.3. The Morgan fingerprint density at radius 1 is 0.429 bits per heavy atom. The Hall–Kier alpha value is 9.22. The Kier molecular flexibility index (Phi) is 81.8. The van der Waals surface area contributed by atoms with Gasteiger partial charge in [-0.2, -0.15) is 0 Å². The van der Waals surface area contributed by atoms with E-state index in [1.165, 1.54) is 67.8 Å². The predicted molar refractivity (Wildman–Crippen MR) is 313 cm³/mol. The number of phenolic OH excluding ortho intramolecular Hbond substituents is 1. The number of halogens is 3. The summed E-state index contributed by atoms with van der Waals surface area (Å²) in [6, 6.07) is 48.6. The van der Waals surface area contributed by atoms with Gasteiger partial charge in [0.2, 0.25) is 0 Å². The molecule has 0 amide bonds. The standard InChI is InChI=1S/C12H18P2.C8H18.C7H7Br.C7H9P.C6H5BrO.C6H6BrP.C6H8P2.8Ar/c1-9-7-8-10(2)14(9)12-6-4-3-5-11(12)13;1-7(2)5-6-8(3)4;2*1-6-4-2-3-5-7(6)8;3*7-5-3-1-2-4-6(5)8;;;;;;;;/h3-6,9-10H,7-8,13H2,1-2H3;7-8H,5-6H2,1-4H3;2-5H,1H3;2-5H,8H2,1H3;1-4,8H;1-4H,8H2;1-4H,7-8H2;;;;;;;;/t9-,10-;;;;;;;;;;;;;;/m0............../s1. The van der Waals surface area contributed by atoms with Gasteiger partial charge in [-0.15, -0.1) is 46.2 Å². The van der Waals surface area contributed by atoms with Crippen LogP contribution in [0.1, 0.15) is 78.4 Å². The third-order valence-electron chi connectivity index (χ3n) is 9.51. The third kappa shape index (κ3) is 47.5. The van der Waals surface area contributed by atoms with Crippen LogP contribution in [0.5, 0.6) is 5.75 Å². The van der Waals surface area contributed by atoms with Crippen molar-refractivity contribution in [2.45, 2.75) is 92.4 Å². The van der Waals surface area contributed by atoms with E-state index < -0.39 is 0 Å². The number of para-hydroxylation sites is 1. The van der Waals surface area contributed by atoms with Gasteiger partial charge in [0.15, 0.2) is 0 Å². The topological polar surface area (TPSA) is 20.2 Å². The van der Waals surface area contributed by atoms with E-state index in [0.717, 1.165) is 32.1 Å². The van der Waals surface area contributed by atoms with Gasteiger partial charge in [0, 0.05) is 311 Å². The molecule has 6 aromatic carbocycles. The maximum absolute atomic E-state index is 8.87. The van der Waals surface area contributed by atoms with Crippen LogP contribution in [0.15, 0.2) is 159 Å². The Labute approximate surface area is 704 Å². The van der Waals surface area contributed by atoms with Crippen LogP contribution in [-0.4, -0.2) is 16.4 Å². The van der Waals surface area contributed by atoms with Crippen LogP contribution in [0.25, 0.3) is 0 Å². The van der Waals surface area contributed by atoms with Crippen molar-refractivity contribution < 1.29 is 307 Å². The van der Waals surface area contributed by atoms with E-state index in [-0.39, 0.29) is 316 Å². The number of hydrogen-bond donors (Lipinski definition) is 1. The number of aromatic hydroxyl groups is 1. The molecule has 0 bridgehead atoms. The molecule has 0 aliphatic carbocycles. The molecule has 1 heterocycles. The van der Waals surface area contributed by atoms with Gasteiger partial charge in [0.1, 0.15) is 5.75 Å². The Bertz CT molecular complexity index is 1770. The maximum atomic E-state index is 8.87. The first-order chi connectivity index (χ1) is 29.3. The third-order valence-corrected chi connectivity index (χ3v) is 18.9. The molecule has 6 aromatic rings. The van der Waals surface area contributed by atoms with Crippen molar-refractivity contribution in [3.8, 4) is 5.75 Å². The average molecular weight is 1460 g/mol. The summed E-state index contributed by atoms with van der Waals surface area (Å²) in [6.07, 6.45) is 5.62. The normalized spacial score (nSPS) is 12.2. The second-order valence-corrected chi connectivity index (χ2v) is 24.5. The molecule has 18 heteroatoms. The zero-order valence-electron chi connectivity index (χ0n) is 40.7. The molecule has 1 fully saturated rings. The largest absolute Gasteiger partial charge is 0.507 e. The van der Waals surface area contributed by atoms with Crippen molar-refractivity contribution in [2.75, 3.05) is 0 Å². The Balaban J connectivity index is -0.000000106. The van der Waals surface area contributed by atoms with Crippen molar-refractivity contribution in [2.24, 2.45) is 11.8 Å². The molecule has 1 aliphatic heterocycles. The molecule has 0 aromatic heterocycles. The second kappa shape index (κ2) is 59.9. The summed E-state index contributed by atoms with van der Waals surface area (Å²) in [5, 5.41) is 16.9. The van der Waals surface area contributed by atoms with Gasteiger partial charge in [-0.25, -0.2) is 0 Å².